The van der Waals surface area contributed by atoms with Gasteiger partial charge in [-0.2, -0.15) is 4.31 Å². The van der Waals surface area contributed by atoms with Crippen LogP contribution < -0.4 is 5.32 Å². The Morgan fingerprint density at radius 1 is 1.17 bits per heavy atom. The molecule has 0 aliphatic carbocycles. The minimum atomic E-state index is -3.78. The van der Waals surface area contributed by atoms with Crippen molar-refractivity contribution in [3.8, 4) is 0 Å². The summed E-state index contributed by atoms with van der Waals surface area (Å²) in [6.07, 6.45) is 2.00. The maximum atomic E-state index is 13.1. The summed E-state index contributed by atoms with van der Waals surface area (Å²) >= 11 is 8.34. The SMILES string of the molecule is Cc1ccc(C)c2sc(NC(=O)C3CCCCN3S(=O)(=O)c3ccc(Cl)s3)nc12. The number of hydrogen-bond donors (Lipinski definition) is 1. The molecule has 1 atom stereocenters. The fourth-order valence-corrected chi connectivity index (χ4v) is 7.79. The molecule has 6 nitrogen and oxygen atoms in total. The average molecular weight is 470 g/mol. The number of halogens is 1. The van der Waals surface area contributed by atoms with Crippen molar-refractivity contribution in [2.75, 3.05) is 11.9 Å². The molecule has 4 rings (SSSR count). The van der Waals surface area contributed by atoms with E-state index in [-0.39, 0.29) is 10.1 Å². The van der Waals surface area contributed by atoms with Crippen LogP contribution in [0.3, 0.4) is 0 Å². The molecule has 154 valence electrons. The van der Waals surface area contributed by atoms with Gasteiger partial charge in [-0.05, 0) is 49.9 Å². The number of thiazole rings is 1. The van der Waals surface area contributed by atoms with Crippen molar-refractivity contribution in [1.29, 1.82) is 0 Å². The van der Waals surface area contributed by atoms with Crippen LogP contribution in [0.25, 0.3) is 10.2 Å². The second-order valence-corrected chi connectivity index (χ2v) is 11.9. The number of aryl methyl sites for hydroxylation is 2. The number of fused-ring (bicyclic) bond motifs is 1. The molecule has 1 fully saturated rings. The first-order valence-corrected chi connectivity index (χ1v) is 12.7. The second-order valence-electron chi connectivity index (χ2n) is 7.07. The molecule has 0 bridgehead atoms. The van der Waals surface area contributed by atoms with Gasteiger partial charge < -0.3 is 5.32 Å². The van der Waals surface area contributed by atoms with E-state index in [0.29, 0.717) is 22.4 Å². The van der Waals surface area contributed by atoms with Crippen LogP contribution in [0.2, 0.25) is 4.34 Å². The lowest BCUT2D eigenvalue weighted by atomic mass is 10.0. The molecule has 2 aromatic heterocycles. The summed E-state index contributed by atoms with van der Waals surface area (Å²) in [5.41, 5.74) is 3.01. The minimum absolute atomic E-state index is 0.161. The second kappa shape index (κ2) is 7.96. The summed E-state index contributed by atoms with van der Waals surface area (Å²) in [6.45, 7) is 4.30. The first kappa shape index (κ1) is 20.7. The van der Waals surface area contributed by atoms with Crippen LogP contribution in [0.15, 0.2) is 28.5 Å². The van der Waals surface area contributed by atoms with Crippen molar-refractivity contribution in [2.45, 2.75) is 43.4 Å². The van der Waals surface area contributed by atoms with Crippen LogP contribution in [0, 0.1) is 13.8 Å². The fraction of sp³-hybridized carbons (Fsp3) is 0.368. The van der Waals surface area contributed by atoms with Crippen molar-refractivity contribution in [3.63, 3.8) is 0 Å². The summed E-state index contributed by atoms with van der Waals surface area (Å²) in [5, 5.41) is 3.34. The van der Waals surface area contributed by atoms with Crippen molar-refractivity contribution < 1.29 is 13.2 Å². The van der Waals surface area contributed by atoms with Crippen LogP contribution in [0.1, 0.15) is 30.4 Å². The van der Waals surface area contributed by atoms with Gasteiger partial charge in [-0.25, -0.2) is 13.4 Å². The van der Waals surface area contributed by atoms with E-state index in [0.717, 1.165) is 45.5 Å². The van der Waals surface area contributed by atoms with Gasteiger partial charge in [0.05, 0.1) is 14.6 Å². The third-order valence-electron chi connectivity index (χ3n) is 5.04. The fourth-order valence-electron chi connectivity index (χ4n) is 3.51. The molecular formula is C19H20ClN3O3S3. The third-order valence-corrected chi connectivity index (χ3v) is 9.75. The number of aromatic nitrogens is 1. The number of benzene rings is 1. The number of hydrogen-bond acceptors (Lipinski definition) is 6. The average Bonchev–Trinajstić information content (AvgIpc) is 3.32. The molecule has 1 amide bonds. The number of sulfonamides is 1. The monoisotopic (exact) mass is 469 g/mol. The molecular weight excluding hydrogens is 450 g/mol. The van der Waals surface area contributed by atoms with E-state index >= 15 is 0 Å². The molecule has 1 aliphatic heterocycles. The molecule has 0 saturated carbocycles. The summed E-state index contributed by atoms with van der Waals surface area (Å²) in [6, 6.07) is 6.33. The van der Waals surface area contributed by atoms with E-state index in [1.165, 1.54) is 21.7 Å². The van der Waals surface area contributed by atoms with Gasteiger partial charge in [-0.1, -0.05) is 41.5 Å². The predicted octanol–water partition coefficient (Wildman–Crippen LogP) is 4.81. The maximum Gasteiger partial charge on any atom is 0.253 e. The molecule has 1 aliphatic rings. The zero-order chi connectivity index (χ0) is 20.8. The van der Waals surface area contributed by atoms with Gasteiger partial charge in [0.2, 0.25) is 5.91 Å². The Hall–Kier alpha value is -1.52. The third kappa shape index (κ3) is 3.94. The number of carbonyl (C=O) groups excluding carboxylic acids is 1. The number of nitrogens with zero attached hydrogens (tertiary/aromatic N) is 2. The van der Waals surface area contributed by atoms with E-state index < -0.39 is 16.1 Å². The first-order chi connectivity index (χ1) is 13.8. The quantitative estimate of drug-likeness (QED) is 0.594. The topological polar surface area (TPSA) is 79.4 Å². The van der Waals surface area contributed by atoms with Gasteiger partial charge in [0.1, 0.15) is 10.3 Å². The molecule has 1 N–H and O–H groups in total. The Balaban J connectivity index is 1.61. The lowest BCUT2D eigenvalue weighted by molar-refractivity contribution is -0.120. The molecule has 10 heteroatoms. The maximum absolute atomic E-state index is 13.1. The highest BCUT2D eigenvalue weighted by molar-refractivity contribution is 7.91. The van der Waals surface area contributed by atoms with Crippen LogP contribution in [0.5, 0.6) is 0 Å². The van der Waals surface area contributed by atoms with Crippen LogP contribution >= 0.6 is 34.3 Å². The molecule has 3 aromatic rings. The van der Waals surface area contributed by atoms with Gasteiger partial charge >= 0.3 is 0 Å². The van der Waals surface area contributed by atoms with Gasteiger partial charge in [0.25, 0.3) is 10.0 Å². The zero-order valence-corrected chi connectivity index (χ0v) is 19.1. The van der Waals surface area contributed by atoms with Gasteiger partial charge in [-0.15, -0.1) is 11.3 Å². The first-order valence-electron chi connectivity index (χ1n) is 9.22. The van der Waals surface area contributed by atoms with Gasteiger partial charge in [-0.3, -0.25) is 4.79 Å². The Labute approximate surface area is 182 Å². The number of piperidine rings is 1. The number of rotatable bonds is 4. The standard InChI is InChI=1S/C19H20ClN3O3S3/c1-11-6-7-12(2)17-16(11)21-19(28-17)22-18(24)13-5-3-4-10-23(13)29(25,26)15-9-8-14(20)27-15/h6-9,13H,3-5,10H2,1-2H3,(H,21,22,24). The van der Waals surface area contributed by atoms with Crippen LogP contribution in [-0.2, 0) is 14.8 Å². The molecule has 0 spiro atoms. The predicted molar refractivity (Wildman–Crippen MR) is 119 cm³/mol. The largest absolute Gasteiger partial charge is 0.301 e. The van der Waals surface area contributed by atoms with E-state index in [1.54, 1.807) is 6.07 Å². The van der Waals surface area contributed by atoms with Crippen molar-refractivity contribution in [1.82, 2.24) is 9.29 Å². The van der Waals surface area contributed by atoms with Gasteiger partial charge in [0, 0.05) is 6.54 Å². The number of carbonyl (C=O) groups is 1. The van der Waals surface area contributed by atoms with E-state index in [9.17, 15) is 13.2 Å². The summed E-state index contributed by atoms with van der Waals surface area (Å²) in [4.78, 5) is 17.6. The number of anilines is 1. The molecule has 1 saturated heterocycles. The summed E-state index contributed by atoms with van der Waals surface area (Å²) < 4.78 is 29.1. The smallest absolute Gasteiger partial charge is 0.253 e. The highest BCUT2D eigenvalue weighted by Crippen LogP contribution is 2.34. The van der Waals surface area contributed by atoms with Crippen LogP contribution in [-0.4, -0.2) is 36.2 Å². The lowest BCUT2D eigenvalue weighted by Crippen LogP contribution is -2.49. The Kier molecular flexibility index (Phi) is 5.69. The number of thiophene rings is 1. The van der Waals surface area contributed by atoms with E-state index in [2.05, 4.69) is 10.3 Å². The molecule has 29 heavy (non-hydrogen) atoms. The van der Waals surface area contributed by atoms with Crippen molar-refractivity contribution in [3.05, 3.63) is 39.7 Å². The molecule has 1 aromatic carbocycles. The summed E-state index contributed by atoms with van der Waals surface area (Å²) in [7, 11) is -3.78. The molecule has 0 radical (unpaired) electrons. The lowest BCUT2D eigenvalue weighted by Gasteiger charge is -2.32. The normalized spacial score (nSPS) is 18.2. The molecule has 1 unspecified atom stereocenters. The highest BCUT2D eigenvalue weighted by atomic mass is 35.5. The van der Waals surface area contributed by atoms with E-state index in [4.69, 9.17) is 11.6 Å². The number of nitrogens with one attached hydrogen (secondary N) is 1. The summed E-state index contributed by atoms with van der Waals surface area (Å²) in [5.74, 6) is -0.342. The van der Waals surface area contributed by atoms with Crippen molar-refractivity contribution in [2.24, 2.45) is 0 Å². The number of amides is 1. The van der Waals surface area contributed by atoms with Gasteiger partial charge in [0.15, 0.2) is 5.13 Å². The minimum Gasteiger partial charge on any atom is -0.301 e. The zero-order valence-electron chi connectivity index (χ0n) is 15.9. The van der Waals surface area contributed by atoms with E-state index in [1.807, 2.05) is 26.0 Å². The Morgan fingerprint density at radius 3 is 2.62 bits per heavy atom. The Morgan fingerprint density at radius 2 is 1.93 bits per heavy atom. The molecule has 3 heterocycles. The van der Waals surface area contributed by atoms with Crippen molar-refractivity contribution >= 4 is 65.6 Å². The Bertz CT molecular complexity index is 1150. The highest BCUT2D eigenvalue weighted by Gasteiger charge is 2.38. The van der Waals surface area contributed by atoms with Crippen LogP contribution in [0.4, 0.5) is 5.13 Å².